The molecule has 1 aromatic heterocycles. The molecule has 0 N–H and O–H groups in total. The second-order valence-corrected chi connectivity index (χ2v) is 5.23. The van der Waals surface area contributed by atoms with E-state index >= 15 is 0 Å². The lowest BCUT2D eigenvalue weighted by atomic mass is 10.0. The van der Waals surface area contributed by atoms with E-state index in [9.17, 15) is 9.90 Å². The van der Waals surface area contributed by atoms with Crippen LogP contribution in [-0.2, 0) is 6.61 Å². The van der Waals surface area contributed by atoms with Crippen molar-refractivity contribution < 1.29 is 19.1 Å². The summed E-state index contributed by atoms with van der Waals surface area (Å²) in [5.41, 5.74) is 3.48. The zero-order valence-electron chi connectivity index (χ0n) is 12.6. The van der Waals surface area contributed by atoms with Gasteiger partial charge >= 0.3 is 0 Å². The van der Waals surface area contributed by atoms with E-state index in [1.54, 1.807) is 6.07 Å². The molecular weight excluding hydrogens is 292 g/mol. The maximum atomic E-state index is 10.6. The SMILES string of the molecule is Cc1ccc(-c2ccc(OCc3ccc(C(=O)[O-])o3)cc2)cc1. The molecule has 0 aliphatic carbocycles. The van der Waals surface area contributed by atoms with Gasteiger partial charge in [-0.15, -0.1) is 0 Å². The van der Waals surface area contributed by atoms with Crippen LogP contribution in [-0.4, -0.2) is 5.97 Å². The summed E-state index contributed by atoms with van der Waals surface area (Å²) >= 11 is 0. The van der Waals surface area contributed by atoms with E-state index in [-0.39, 0.29) is 12.4 Å². The van der Waals surface area contributed by atoms with Crippen molar-refractivity contribution in [1.29, 1.82) is 0 Å². The molecule has 0 unspecified atom stereocenters. The van der Waals surface area contributed by atoms with Crippen LogP contribution >= 0.6 is 0 Å². The largest absolute Gasteiger partial charge is 0.542 e. The topological polar surface area (TPSA) is 62.5 Å². The van der Waals surface area contributed by atoms with E-state index < -0.39 is 5.97 Å². The summed E-state index contributed by atoms with van der Waals surface area (Å²) in [7, 11) is 0. The van der Waals surface area contributed by atoms with Gasteiger partial charge in [0.05, 0.1) is 0 Å². The first-order valence-electron chi connectivity index (χ1n) is 7.22. The third-order valence-electron chi connectivity index (χ3n) is 3.48. The van der Waals surface area contributed by atoms with Crippen molar-refractivity contribution in [2.24, 2.45) is 0 Å². The fourth-order valence-corrected chi connectivity index (χ4v) is 2.21. The predicted octanol–water partition coefficient (Wildman–Crippen LogP) is 3.20. The first kappa shape index (κ1) is 14.9. The van der Waals surface area contributed by atoms with E-state index in [4.69, 9.17) is 9.15 Å². The van der Waals surface area contributed by atoms with Crippen LogP contribution in [0.5, 0.6) is 5.75 Å². The molecule has 3 rings (SSSR count). The average Bonchev–Trinajstić information content (AvgIpc) is 3.04. The fraction of sp³-hybridized carbons (Fsp3) is 0.105. The van der Waals surface area contributed by atoms with Crippen molar-refractivity contribution in [3.8, 4) is 16.9 Å². The van der Waals surface area contributed by atoms with Crippen molar-refractivity contribution in [3.63, 3.8) is 0 Å². The molecule has 0 fully saturated rings. The number of aromatic carboxylic acids is 1. The van der Waals surface area contributed by atoms with Crippen LogP contribution in [0.15, 0.2) is 65.1 Å². The van der Waals surface area contributed by atoms with Gasteiger partial charge in [-0.1, -0.05) is 42.0 Å². The molecule has 2 aromatic carbocycles. The van der Waals surface area contributed by atoms with Crippen molar-refractivity contribution >= 4 is 5.97 Å². The molecule has 0 aliphatic rings. The van der Waals surface area contributed by atoms with Gasteiger partial charge in [0.2, 0.25) is 0 Å². The van der Waals surface area contributed by atoms with Crippen LogP contribution in [0.2, 0.25) is 0 Å². The van der Waals surface area contributed by atoms with E-state index in [1.165, 1.54) is 11.6 Å². The Labute approximate surface area is 134 Å². The normalized spacial score (nSPS) is 10.5. The van der Waals surface area contributed by atoms with E-state index in [0.29, 0.717) is 11.5 Å². The number of aryl methyl sites for hydroxylation is 1. The third kappa shape index (κ3) is 3.61. The van der Waals surface area contributed by atoms with Crippen LogP contribution in [0.1, 0.15) is 21.9 Å². The molecule has 0 bridgehead atoms. The Kier molecular flexibility index (Phi) is 4.15. The molecular formula is C19H15O4-. The minimum atomic E-state index is -1.33. The molecule has 0 amide bonds. The van der Waals surface area contributed by atoms with Gasteiger partial charge in [0.1, 0.15) is 29.8 Å². The highest BCUT2D eigenvalue weighted by Gasteiger charge is 2.04. The Morgan fingerprint density at radius 2 is 1.57 bits per heavy atom. The van der Waals surface area contributed by atoms with Crippen LogP contribution in [0.4, 0.5) is 0 Å². The lowest BCUT2D eigenvalue weighted by Gasteiger charge is -2.06. The highest BCUT2D eigenvalue weighted by atomic mass is 16.5. The minimum absolute atomic E-state index is 0.164. The Balaban J connectivity index is 1.65. The first-order valence-corrected chi connectivity index (χ1v) is 7.22. The maximum absolute atomic E-state index is 10.6. The standard InChI is InChI=1S/C19H16O4/c1-13-2-4-14(5-3-13)15-6-8-16(9-7-15)22-12-17-10-11-18(23-17)19(20)21/h2-11H,12H2,1H3,(H,20,21)/p-1. The Morgan fingerprint density at radius 3 is 2.13 bits per heavy atom. The van der Waals surface area contributed by atoms with Crippen LogP contribution < -0.4 is 9.84 Å². The van der Waals surface area contributed by atoms with Gasteiger partial charge in [-0.3, -0.25) is 0 Å². The molecule has 116 valence electrons. The van der Waals surface area contributed by atoms with E-state index in [1.807, 2.05) is 24.3 Å². The smallest absolute Gasteiger partial charge is 0.149 e. The molecule has 0 saturated carbocycles. The van der Waals surface area contributed by atoms with Gasteiger partial charge in [-0.2, -0.15) is 0 Å². The predicted molar refractivity (Wildman–Crippen MR) is 84.0 cm³/mol. The second kappa shape index (κ2) is 6.40. The van der Waals surface area contributed by atoms with Crippen molar-refractivity contribution in [2.75, 3.05) is 0 Å². The minimum Gasteiger partial charge on any atom is -0.542 e. The molecule has 4 nitrogen and oxygen atoms in total. The second-order valence-electron chi connectivity index (χ2n) is 5.23. The maximum Gasteiger partial charge on any atom is 0.149 e. The number of carbonyl (C=O) groups is 1. The monoisotopic (exact) mass is 307 g/mol. The van der Waals surface area contributed by atoms with E-state index in [2.05, 4.69) is 31.2 Å². The molecule has 0 spiro atoms. The highest BCUT2D eigenvalue weighted by molar-refractivity contribution is 5.82. The van der Waals surface area contributed by atoms with Gasteiger partial charge in [0.25, 0.3) is 0 Å². The number of hydrogen-bond donors (Lipinski definition) is 0. The summed E-state index contributed by atoms with van der Waals surface area (Å²) in [6.07, 6.45) is 0. The summed E-state index contributed by atoms with van der Waals surface area (Å²) in [6.45, 7) is 2.22. The van der Waals surface area contributed by atoms with Gasteiger partial charge in [0, 0.05) is 0 Å². The molecule has 4 heteroatoms. The zero-order valence-corrected chi connectivity index (χ0v) is 12.6. The third-order valence-corrected chi connectivity index (χ3v) is 3.48. The average molecular weight is 307 g/mol. The van der Waals surface area contributed by atoms with Crippen LogP contribution in [0, 0.1) is 6.92 Å². The number of carboxylic acids is 1. The number of furan rings is 1. The zero-order chi connectivity index (χ0) is 16.2. The number of hydrogen-bond acceptors (Lipinski definition) is 4. The molecule has 0 aliphatic heterocycles. The Morgan fingerprint density at radius 1 is 0.957 bits per heavy atom. The summed E-state index contributed by atoms with van der Waals surface area (Å²) in [6, 6.07) is 18.9. The van der Waals surface area contributed by atoms with E-state index in [0.717, 1.165) is 11.1 Å². The lowest BCUT2D eigenvalue weighted by Crippen LogP contribution is -2.21. The fourth-order valence-electron chi connectivity index (χ4n) is 2.21. The van der Waals surface area contributed by atoms with Crippen molar-refractivity contribution in [2.45, 2.75) is 13.5 Å². The Hall–Kier alpha value is -3.01. The molecule has 0 saturated heterocycles. The van der Waals surface area contributed by atoms with Gasteiger partial charge < -0.3 is 19.1 Å². The lowest BCUT2D eigenvalue weighted by molar-refractivity contribution is -0.257. The van der Waals surface area contributed by atoms with Crippen LogP contribution in [0.3, 0.4) is 0 Å². The number of benzene rings is 2. The number of ether oxygens (including phenoxy) is 1. The number of rotatable bonds is 5. The highest BCUT2D eigenvalue weighted by Crippen LogP contribution is 2.23. The molecule has 3 aromatic rings. The number of carboxylic acid groups (broad SMARTS) is 1. The van der Waals surface area contributed by atoms with Gasteiger partial charge in [-0.05, 0) is 42.3 Å². The van der Waals surface area contributed by atoms with Crippen molar-refractivity contribution in [3.05, 3.63) is 77.7 Å². The number of carbonyl (C=O) groups excluding carboxylic acids is 1. The summed E-state index contributed by atoms with van der Waals surface area (Å²) in [5, 5.41) is 10.6. The molecule has 23 heavy (non-hydrogen) atoms. The molecule has 1 heterocycles. The first-order chi connectivity index (χ1) is 11.1. The Bertz CT molecular complexity index is 798. The quantitative estimate of drug-likeness (QED) is 0.726. The van der Waals surface area contributed by atoms with Crippen LogP contribution in [0.25, 0.3) is 11.1 Å². The summed E-state index contributed by atoms with van der Waals surface area (Å²) < 4.78 is 10.7. The summed E-state index contributed by atoms with van der Waals surface area (Å²) in [5.74, 6) is -0.406. The van der Waals surface area contributed by atoms with Gasteiger partial charge in [0.15, 0.2) is 0 Å². The molecule has 0 radical (unpaired) electrons. The summed E-state index contributed by atoms with van der Waals surface area (Å²) in [4.78, 5) is 10.6. The van der Waals surface area contributed by atoms with Crippen molar-refractivity contribution in [1.82, 2.24) is 0 Å². The molecule has 0 atom stereocenters. The van der Waals surface area contributed by atoms with Gasteiger partial charge in [-0.25, -0.2) is 0 Å².